The van der Waals surface area contributed by atoms with E-state index in [9.17, 15) is 9.50 Å². The zero-order chi connectivity index (χ0) is 16.3. The van der Waals surface area contributed by atoms with Gasteiger partial charge in [-0.3, -0.25) is 0 Å². The molecule has 0 amide bonds. The van der Waals surface area contributed by atoms with Crippen molar-refractivity contribution in [2.45, 2.75) is 76.7 Å². The van der Waals surface area contributed by atoms with Crippen molar-refractivity contribution in [1.29, 1.82) is 0 Å². The number of hydrogen-bond acceptors (Lipinski definition) is 1. The Morgan fingerprint density at radius 3 is 2.09 bits per heavy atom. The first kappa shape index (κ1) is 17.0. The van der Waals surface area contributed by atoms with Gasteiger partial charge in [0.1, 0.15) is 5.82 Å². The van der Waals surface area contributed by atoms with Crippen LogP contribution in [0.3, 0.4) is 0 Å². The smallest absolute Gasteiger partial charge is 0.123 e. The highest BCUT2D eigenvalue weighted by atomic mass is 19.1. The van der Waals surface area contributed by atoms with Gasteiger partial charge in [-0.15, -0.1) is 0 Å². The molecule has 1 aromatic carbocycles. The van der Waals surface area contributed by atoms with Gasteiger partial charge in [0.2, 0.25) is 0 Å². The number of halogens is 1. The first-order chi connectivity index (χ1) is 11.1. The van der Waals surface area contributed by atoms with Gasteiger partial charge in [-0.25, -0.2) is 4.39 Å². The Morgan fingerprint density at radius 2 is 1.52 bits per heavy atom. The first-order valence-electron chi connectivity index (χ1n) is 9.59. The standard InChI is InChI=1S/C21H31FO/c1-2-3-16-4-6-17(7-5-16)18-12-14-21(23,15-13-18)19-8-10-20(22)11-9-19/h8-11,16-18,23H,2-7,12-15H2,1H3. The van der Waals surface area contributed by atoms with Crippen molar-refractivity contribution < 1.29 is 9.50 Å². The molecular formula is C21H31FO. The molecule has 0 saturated heterocycles. The predicted octanol–water partition coefficient (Wildman–Crippen LogP) is 5.81. The molecule has 1 aromatic rings. The van der Waals surface area contributed by atoms with E-state index in [2.05, 4.69) is 6.92 Å². The number of benzene rings is 1. The molecule has 1 nitrogen and oxygen atoms in total. The second kappa shape index (κ2) is 7.34. The Kier molecular flexibility index (Phi) is 5.41. The van der Waals surface area contributed by atoms with Crippen LogP contribution in [-0.4, -0.2) is 5.11 Å². The fourth-order valence-corrected chi connectivity index (χ4v) is 4.99. The molecule has 0 bridgehead atoms. The van der Waals surface area contributed by atoms with Crippen LogP contribution in [0.2, 0.25) is 0 Å². The minimum atomic E-state index is -0.733. The van der Waals surface area contributed by atoms with Gasteiger partial charge in [-0.2, -0.15) is 0 Å². The molecule has 0 unspecified atom stereocenters. The Morgan fingerprint density at radius 1 is 0.957 bits per heavy atom. The average Bonchev–Trinajstić information content (AvgIpc) is 2.57. The van der Waals surface area contributed by atoms with E-state index in [4.69, 9.17) is 0 Å². The summed E-state index contributed by atoms with van der Waals surface area (Å²) >= 11 is 0. The molecule has 0 heterocycles. The summed E-state index contributed by atoms with van der Waals surface area (Å²) in [6, 6.07) is 6.44. The van der Waals surface area contributed by atoms with Crippen LogP contribution < -0.4 is 0 Å². The Bertz CT molecular complexity index is 479. The summed E-state index contributed by atoms with van der Waals surface area (Å²) < 4.78 is 13.1. The van der Waals surface area contributed by atoms with Crippen LogP contribution in [0.5, 0.6) is 0 Å². The van der Waals surface area contributed by atoms with Crippen molar-refractivity contribution in [2.24, 2.45) is 17.8 Å². The third-order valence-corrected chi connectivity index (χ3v) is 6.49. The normalized spacial score (nSPS) is 35.2. The van der Waals surface area contributed by atoms with Crippen LogP contribution in [0.4, 0.5) is 4.39 Å². The topological polar surface area (TPSA) is 20.2 Å². The van der Waals surface area contributed by atoms with E-state index in [1.807, 2.05) is 0 Å². The van der Waals surface area contributed by atoms with Crippen LogP contribution in [0.1, 0.15) is 76.7 Å². The molecule has 2 heteroatoms. The third-order valence-electron chi connectivity index (χ3n) is 6.49. The van der Waals surface area contributed by atoms with Gasteiger partial charge >= 0.3 is 0 Å². The van der Waals surface area contributed by atoms with E-state index in [1.54, 1.807) is 12.1 Å². The highest BCUT2D eigenvalue weighted by Gasteiger charge is 2.38. The van der Waals surface area contributed by atoms with Gasteiger partial charge in [-0.1, -0.05) is 44.7 Å². The number of aliphatic hydroxyl groups is 1. The molecule has 0 aromatic heterocycles. The highest BCUT2D eigenvalue weighted by molar-refractivity contribution is 5.23. The van der Waals surface area contributed by atoms with Gasteiger partial charge < -0.3 is 5.11 Å². The molecule has 2 saturated carbocycles. The fraction of sp³-hybridized carbons (Fsp3) is 0.714. The third kappa shape index (κ3) is 3.96. The lowest BCUT2D eigenvalue weighted by atomic mass is 9.66. The fourth-order valence-electron chi connectivity index (χ4n) is 4.99. The van der Waals surface area contributed by atoms with Crippen molar-refractivity contribution in [3.8, 4) is 0 Å². The van der Waals surface area contributed by atoms with Crippen LogP contribution in [0, 0.1) is 23.6 Å². The van der Waals surface area contributed by atoms with Crippen LogP contribution in [0.25, 0.3) is 0 Å². The van der Waals surface area contributed by atoms with E-state index >= 15 is 0 Å². The van der Waals surface area contributed by atoms with Crippen molar-refractivity contribution >= 4 is 0 Å². The van der Waals surface area contributed by atoms with E-state index in [-0.39, 0.29) is 5.82 Å². The molecule has 2 aliphatic carbocycles. The molecule has 2 fully saturated rings. The van der Waals surface area contributed by atoms with Gasteiger partial charge in [-0.05, 0) is 74.0 Å². The molecule has 2 aliphatic rings. The van der Waals surface area contributed by atoms with E-state index < -0.39 is 5.60 Å². The second-order valence-corrected chi connectivity index (χ2v) is 7.95. The summed E-state index contributed by atoms with van der Waals surface area (Å²) in [6.07, 6.45) is 12.2. The maximum absolute atomic E-state index is 13.1. The zero-order valence-electron chi connectivity index (χ0n) is 14.4. The quantitative estimate of drug-likeness (QED) is 0.742. The average molecular weight is 318 g/mol. The zero-order valence-corrected chi connectivity index (χ0v) is 14.4. The van der Waals surface area contributed by atoms with Crippen molar-refractivity contribution in [1.82, 2.24) is 0 Å². The molecule has 3 rings (SSSR count). The first-order valence-corrected chi connectivity index (χ1v) is 9.59. The molecule has 0 atom stereocenters. The monoisotopic (exact) mass is 318 g/mol. The summed E-state index contributed by atoms with van der Waals surface area (Å²) in [6.45, 7) is 2.30. The Balaban J connectivity index is 1.53. The summed E-state index contributed by atoms with van der Waals surface area (Å²) in [5.41, 5.74) is 0.160. The van der Waals surface area contributed by atoms with E-state index in [1.165, 1.54) is 50.7 Å². The molecule has 0 radical (unpaired) electrons. The maximum Gasteiger partial charge on any atom is 0.123 e. The summed E-state index contributed by atoms with van der Waals surface area (Å²) in [7, 11) is 0. The molecular weight excluding hydrogens is 287 g/mol. The van der Waals surface area contributed by atoms with E-state index in [0.29, 0.717) is 0 Å². The van der Waals surface area contributed by atoms with Gasteiger partial charge in [0, 0.05) is 0 Å². The van der Waals surface area contributed by atoms with Crippen molar-refractivity contribution in [2.75, 3.05) is 0 Å². The van der Waals surface area contributed by atoms with Crippen LogP contribution in [-0.2, 0) is 5.60 Å². The molecule has 0 spiro atoms. The van der Waals surface area contributed by atoms with Gasteiger partial charge in [0.15, 0.2) is 0 Å². The SMILES string of the molecule is CCCC1CCC(C2CCC(O)(c3ccc(F)cc3)CC2)CC1. The Labute approximate surface area is 140 Å². The number of hydrogen-bond donors (Lipinski definition) is 1. The van der Waals surface area contributed by atoms with Crippen molar-refractivity contribution in [3.05, 3.63) is 35.6 Å². The lowest BCUT2D eigenvalue weighted by molar-refractivity contribution is -0.0261. The lowest BCUT2D eigenvalue weighted by Gasteiger charge is -2.41. The van der Waals surface area contributed by atoms with Crippen molar-refractivity contribution in [3.63, 3.8) is 0 Å². The second-order valence-electron chi connectivity index (χ2n) is 7.95. The summed E-state index contributed by atoms with van der Waals surface area (Å²) in [4.78, 5) is 0. The summed E-state index contributed by atoms with van der Waals surface area (Å²) in [5, 5.41) is 10.9. The highest BCUT2D eigenvalue weighted by Crippen LogP contribution is 2.46. The molecule has 0 aliphatic heterocycles. The minimum Gasteiger partial charge on any atom is -0.385 e. The van der Waals surface area contributed by atoms with E-state index in [0.717, 1.165) is 49.0 Å². The van der Waals surface area contributed by atoms with Crippen LogP contribution >= 0.6 is 0 Å². The van der Waals surface area contributed by atoms with Gasteiger partial charge in [0.05, 0.1) is 5.60 Å². The molecule has 23 heavy (non-hydrogen) atoms. The minimum absolute atomic E-state index is 0.227. The number of rotatable bonds is 4. The summed E-state index contributed by atoms with van der Waals surface area (Å²) in [5.74, 6) is 2.41. The molecule has 128 valence electrons. The Hall–Kier alpha value is -0.890. The predicted molar refractivity (Wildman–Crippen MR) is 92.6 cm³/mol. The molecule has 1 N–H and O–H groups in total. The van der Waals surface area contributed by atoms with Crippen LogP contribution in [0.15, 0.2) is 24.3 Å². The van der Waals surface area contributed by atoms with Gasteiger partial charge in [0.25, 0.3) is 0 Å². The lowest BCUT2D eigenvalue weighted by Crippen LogP contribution is -2.34. The largest absolute Gasteiger partial charge is 0.385 e. The maximum atomic E-state index is 13.1.